The second-order valence-corrected chi connectivity index (χ2v) is 6.17. The molecule has 0 aromatic heterocycles. The monoisotopic (exact) mass is 300 g/mol. The maximum atomic E-state index is 6.08. The summed E-state index contributed by atoms with van der Waals surface area (Å²) in [6, 6.07) is 17.0. The molecule has 0 unspecified atom stereocenters. The van der Waals surface area contributed by atoms with Gasteiger partial charge < -0.3 is 4.90 Å². The molecule has 0 radical (unpaired) electrons. The van der Waals surface area contributed by atoms with Gasteiger partial charge in [0.1, 0.15) is 0 Å². The molecule has 2 aromatic rings. The van der Waals surface area contributed by atoms with Gasteiger partial charge in [0.05, 0.1) is 0 Å². The van der Waals surface area contributed by atoms with Crippen molar-refractivity contribution in [1.82, 2.24) is 4.90 Å². The quantitative estimate of drug-likeness (QED) is 0.846. The molecule has 21 heavy (non-hydrogen) atoms. The van der Waals surface area contributed by atoms with Gasteiger partial charge in [-0.05, 0) is 30.7 Å². The summed E-state index contributed by atoms with van der Waals surface area (Å²) in [6.45, 7) is 7.50. The van der Waals surface area contributed by atoms with E-state index in [2.05, 4.69) is 53.1 Å². The zero-order chi connectivity index (χ0) is 14.7. The normalized spacial score (nSPS) is 16.2. The van der Waals surface area contributed by atoms with Gasteiger partial charge in [-0.25, -0.2) is 0 Å². The third-order valence-electron chi connectivity index (χ3n) is 4.07. The van der Waals surface area contributed by atoms with E-state index in [4.69, 9.17) is 11.6 Å². The first kappa shape index (κ1) is 14.4. The van der Waals surface area contributed by atoms with Crippen molar-refractivity contribution in [3.63, 3.8) is 0 Å². The lowest BCUT2D eigenvalue weighted by molar-refractivity contribution is 0.250. The number of anilines is 1. The van der Waals surface area contributed by atoms with Gasteiger partial charge in [-0.2, -0.15) is 0 Å². The standard InChI is InChI=1S/C18H21ClN2/c1-15-5-7-16(8-6-15)14-20-9-11-21(12-10-20)18-4-2-3-17(19)13-18/h2-8,13H,9-12,14H2,1H3. The number of nitrogens with zero attached hydrogens (tertiary/aromatic N) is 2. The SMILES string of the molecule is Cc1ccc(CN2CCN(c3cccc(Cl)c3)CC2)cc1. The van der Waals surface area contributed by atoms with E-state index in [1.807, 2.05) is 12.1 Å². The summed E-state index contributed by atoms with van der Waals surface area (Å²) in [5.41, 5.74) is 3.96. The van der Waals surface area contributed by atoms with Crippen molar-refractivity contribution in [2.75, 3.05) is 31.1 Å². The van der Waals surface area contributed by atoms with E-state index >= 15 is 0 Å². The predicted octanol–water partition coefficient (Wildman–Crippen LogP) is 3.97. The van der Waals surface area contributed by atoms with E-state index < -0.39 is 0 Å². The van der Waals surface area contributed by atoms with Crippen LogP contribution >= 0.6 is 11.6 Å². The molecule has 110 valence electrons. The van der Waals surface area contributed by atoms with Crippen LogP contribution in [0.25, 0.3) is 0 Å². The fourth-order valence-corrected chi connectivity index (χ4v) is 2.97. The van der Waals surface area contributed by atoms with Crippen LogP contribution in [-0.2, 0) is 6.54 Å². The Bertz CT molecular complexity index is 586. The molecule has 2 aromatic carbocycles. The Balaban J connectivity index is 1.56. The first-order chi connectivity index (χ1) is 10.2. The molecule has 3 rings (SSSR count). The van der Waals surface area contributed by atoms with E-state index in [0.29, 0.717) is 0 Å². The second-order valence-electron chi connectivity index (χ2n) is 5.73. The molecular formula is C18H21ClN2. The van der Waals surface area contributed by atoms with Gasteiger partial charge in [0, 0.05) is 43.4 Å². The van der Waals surface area contributed by atoms with E-state index in [0.717, 1.165) is 37.7 Å². The topological polar surface area (TPSA) is 6.48 Å². The molecule has 0 N–H and O–H groups in total. The smallest absolute Gasteiger partial charge is 0.0426 e. The van der Waals surface area contributed by atoms with Crippen LogP contribution in [0.3, 0.4) is 0 Å². The molecule has 3 heteroatoms. The zero-order valence-electron chi connectivity index (χ0n) is 12.4. The van der Waals surface area contributed by atoms with Crippen LogP contribution in [0.5, 0.6) is 0 Å². The Morgan fingerprint density at radius 3 is 2.33 bits per heavy atom. The highest BCUT2D eigenvalue weighted by Crippen LogP contribution is 2.21. The summed E-state index contributed by atoms with van der Waals surface area (Å²) in [7, 11) is 0. The highest BCUT2D eigenvalue weighted by molar-refractivity contribution is 6.30. The first-order valence-corrected chi connectivity index (χ1v) is 7.87. The number of hydrogen-bond donors (Lipinski definition) is 0. The number of benzene rings is 2. The van der Waals surface area contributed by atoms with Crippen molar-refractivity contribution in [3.05, 3.63) is 64.7 Å². The Morgan fingerprint density at radius 2 is 1.67 bits per heavy atom. The van der Waals surface area contributed by atoms with Gasteiger partial charge in [-0.3, -0.25) is 4.90 Å². The van der Waals surface area contributed by atoms with Crippen LogP contribution in [0.4, 0.5) is 5.69 Å². The van der Waals surface area contributed by atoms with E-state index in [9.17, 15) is 0 Å². The van der Waals surface area contributed by atoms with Crippen LogP contribution in [0.15, 0.2) is 48.5 Å². The highest BCUT2D eigenvalue weighted by Gasteiger charge is 2.17. The van der Waals surface area contributed by atoms with Crippen LogP contribution in [0.2, 0.25) is 5.02 Å². The average molecular weight is 301 g/mol. The Kier molecular flexibility index (Phi) is 4.47. The van der Waals surface area contributed by atoms with E-state index in [1.165, 1.54) is 16.8 Å². The molecule has 1 aliphatic rings. The van der Waals surface area contributed by atoms with Gasteiger partial charge in [0.25, 0.3) is 0 Å². The lowest BCUT2D eigenvalue weighted by Gasteiger charge is -2.36. The molecule has 2 nitrogen and oxygen atoms in total. The number of hydrogen-bond acceptors (Lipinski definition) is 2. The molecule has 0 atom stereocenters. The fraction of sp³-hybridized carbons (Fsp3) is 0.333. The molecule has 1 heterocycles. The second kappa shape index (κ2) is 6.50. The number of halogens is 1. The largest absolute Gasteiger partial charge is 0.369 e. The van der Waals surface area contributed by atoms with Crippen molar-refractivity contribution in [1.29, 1.82) is 0 Å². The predicted molar refractivity (Wildman–Crippen MR) is 90.1 cm³/mol. The molecule has 0 aliphatic carbocycles. The van der Waals surface area contributed by atoms with Crippen molar-refractivity contribution in [2.24, 2.45) is 0 Å². The summed E-state index contributed by atoms with van der Waals surface area (Å²) in [4.78, 5) is 4.93. The molecule has 0 saturated carbocycles. The Labute approximate surface area is 131 Å². The van der Waals surface area contributed by atoms with Crippen molar-refractivity contribution in [3.8, 4) is 0 Å². The Hall–Kier alpha value is -1.51. The molecule has 0 amide bonds. The number of aryl methyl sites for hydroxylation is 1. The van der Waals surface area contributed by atoms with Crippen LogP contribution in [-0.4, -0.2) is 31.1 Å². The van der Waals surface area contributed by atoms with E-state index in [1.54, 1.807) is 0 Å². The zero-order valence-corrected chi connectivity index (χ0v) is 13.2. The van der Waals surface area contributed by atoms with Crippen molar-refractivity contribution in [2.45, 2.75) is 13.5 Å². The maximum Gasteiger partial charge on any atom is 0.0426 e. The summed E-state index contributed by atoms with van der Waals surface area (Å²) >= 11 is 6.08. The maximum absolute atomic E-state index is 6.08. The minimum absolute atomic E-state index is 0.814. The molecular weight excluding hydrogens is 280 g/mol. The minimum atomic E-state index is 0.814. The molecule has 1 aliphatic heterocycles. The van der Waals surface area contributed by atoms with E-state index in [-0.39, 0.29) is 0 Å². The summed E-state index contributed by atoms with van der Waals surface area (Å²) in [6.07, 6.45) is 0. The van der Waals surface area contributed by atoms with Crippen LogP contribution < -0.4 is 4.90 Å². The Morgan fingerprint density at radius 1 is 0.952 bits per heavy atom. The lowest BCUT2D eigenvalue weighted by atomic mass is 10.1. The summed E-state index contributed by atoms with van der Waals surface area (Å²) in [5.74, 6) is 0. The van der Waals surface area contributed by atoms with Gasteiger partial charge in [0.2, 0.25) is 0 Å². The molecule has 0 bridgehead atoms. The van der Waals surface area contributed by atoms with Crippen LogP contribution in [0.1, 0.15) is 11.1 Å². The van der Waals surface area contributed by atoms with Gasteiger partial charge >= 0.3 is 0 Å². The number of piperazine rings is 1. The lowest BCUT2D eigenvalue weighted by Crippen LogP contribution is -2.45. The van der Waals surface area contributed by atoms with Crippen molar-refractivity contribution >= 4 is 17.3 Å². The molecule has 1 fully saturated rings. The fourth-order valence-electron chi connectivity index (χ4n) is 2.79. The summed E-state index contributed by atoms with van der Waals surface area (Å²) in [5, 5.41) is 0.814. The van der Waals surface area contributed by atoms with Gasteiger partial charge in [-0.1, -0.05) is 47.5 Å². The summed E-state index contributed by atoms with van der Waals surface area (Å²) < 4.78 is 0. The molecule has 1 saturated heterocycles. The van der Waals surface area contributed by atoms with Crippen molar-refractivity contribution < 1.29 is 0 Å². The highest BCUT2D eigenvalue weighted by atomic mass is 35.5. The molecule has 0 spiro atoms. The number of rotatable bonds is 3. The van der Waals surface area contributed by atoms with Gasteiger partial charge in [-0.15, -0.1) is 0 Å². The van der Waals surface area contributed by atoms with Gasteiger partial charge in [0.15, 0.2) is 0 Å². The third kappa shape index (κ3) is 3.78. The minimum Gasteiger partial charge on any atom is -0.369 e. The third-order valence-corrected chi connectivity index (χ3v) is 4.31. The average Bonchev–Trinajstić information content (AvgIpc) is 2.50. The van der Waals surface area contributed by atoms with Crippen LogP contribution in [0, 0.1) is 6.92 Å². The first-order valence-electron chi connectivity index (χ1n) is 7.49.